The molecule has 11 aromatic rings. The first-order chi connectivity index (χ1) is 26.3. The van der Waals surface area contributed by atoms with Gasteiger partial charge in [0.05, 0.1) is 11.0 Å². The van der Waals surface area contributed by atoms with Crippen LogP contribution in [-0.2, 0) is 0 Å². The lowest BCUT2D eigenvalue weighted by Gasteiger charge is -2.15. The topological polar surface area (TPSA) is 4.93 Å². The van der Waals surface area contributed by atoms with Crippen molar-refractivity contribution in [3.63, 3.8) is 0 Å². The van der Waals surface area contributed by atoms with Crippen molar-refractivity contribution in [3.8, 4) is 39.1 Å². The molecule has 10 aromatic carbocycles. The molecule has 1 heterocycles. The van der Waals surface area contributed by atoms with Crippen molar-refractivity contribution in [2.24, 2.45) is 0 Å². The highest BCUT2D eigenvalue weighted by atomic mass is 15.0. The van der Waals surface area contributed by atoms with Gasteiger partial charge in [0.2, 0.25) is 0 Å². The lowest BCUT2D eigenvalue weighted by atomic mass is 9.90. The highest BCUT2D eigenvalue weighted by molar-refractivity contribution is 6.28. The fourth-order valence-corrected chi connectivity index (χ4v) is 8.65. The number of rotatable bonds is 4. The first-order valence-electron chi connectivity index (χ1n) is 18.3. The average molecular weight is 672 g/mol. The maximum atomic E-state index is 2.46. The molecule has 53 heavy (non-hydrogen) atoms. The van der Waals surface area contributed by atoms with Gasteiger partial charge in [-0.15, -0.1) is 0 Å². The molecule has 0 unspecified atom stereocenters. The van der Waals surface area contributed by atoms with Crippen molar-refractivity contribution in [1.82, 2.24) is 4.57 Å². The van der Waals surface area contributed by atoms with Gasteiger partial charge in [0.1, 0.15) is 0 Å². The Bertz CT molecular complexity index is 3110. The van der Waals surface area contributed by atoms with Crippen LogP contribution < -0.4 is 0 Å². The molecule has 0 aliphatic rings. The predicted molar refractivity (Wildman–Crippen MR) is 227 cm³/mol. The highest BCUT2D eigenvalue weighted by Crippen LogP contribution is 2.42. The Morgan fingerprint density at radius 2 is 0.792 bits per heavy atom. The lowest BCUT2D eigenvalue weighted by Crippen LogP contribution is -1.94. The fourth-order valence-electron chi connectivity index (χ4n) is 8.65. The third kappa shape index (κ3) is 4.71. The molecule has 0 saturated carbocycles. The molecule has 0 aliphatic carbocycles. The van der Waals surface area contributed by atoms with Crippen molar-refractivity contribution in [2.75, 3.05) is 0 Å². The van der Waals surface area contributed by atoms with Gasteiger partial charge in [0, 0.05) is 16.5 Å². The van der Waals surface area contributed by atoms with Gasteiger partial charge in [-0.05, 0) is 119 Å². The molecule has 0 spiro atoms. The number of fused-ring (bicyclic) bond motifs is 10. The smallest absolute Gasteiger partial charge is 0.0547 e. The molecular weight excluding hydrogens is 639 g/mol. The van der Waals surface area contributed by atoms with Gasteiger partial charge >= 0.3 is 0 Å². The molecule has 0 saturated heterocycles. The summed E-state index contributed by atoms with van der Waals surface area (Å²) in [7, 11) is 0. The molecule has 1 nitrogen and oxygen atoms in total. The summed E-state index contributed by atoms with van der Waals surface area (Å²) in [5.41, 5.74) is 10.9. The van der Waals surface area contributed by atoms with Gasteiger partial charge in [-0.25, -0.2) is 0 Å². The summed E-state index contributed by atoms with van der Waals surface area (Å²) in [6, 6.07) is 73.5. The van der Waals surface area contributed by atoms with Gasteiger partial charge in [-0.3, -0.25) is 0 Å². The minimum Gasteiger partial charge on any atom is -0.309 e. The van der Waals surface area contributed by atoms with Crippen molar-refractivity contribution >= 4 is 64.9 Å². The number of hydrogen-bond donors (Lipinski definition) is 0. The predicted octanol–water partition coefficient (Wildman–Crippen LogP) is 14.4. The number of hydrogen-bond acceptors (Lipinski definition) is 0. The van der Waals surface area contributed by atoms with Crippen LogP contribution >= 0.6 is 0 Å². The molecular formula is C52H33N. The molecule has 0 bridgehead atoms. The van der Waals surface area contributed by atoms with Crippen molar-refractivity contribution < 1.29 is 0 Å². The number of nitrogens with zero attached hydrogens (tertiary/aromatic N) is 1. The quantitative estimate of drug-likeness (QED) is 0.164. The Kier molecular flexibility index (Phi) is 6.62. The maximum Gasteiger partial charge on any atom is 0.0547 e. The van der Waals surface area contributed by atoms with Crippen molar-refractivity contribution in [3.05, 3.63) is 200 Å². The van der Waals surface area contributed by atoms with E-state index in [9.17, 15) is 0 Å². The van der Waals surface area contributed by atoms with Crippen LogP contribution in [0.3, 0.4) is 0 Å². The van der Waals surface area contributed by atoms with Crippen molar-refractivity contribution in [2.45, 2.75) is 0 Å². The van der Waals surface area contributed by atoms with E-state index in [1.54, 1.807) is 0 Å². The molecule has 11 rings (SSSR count). The van der Waals surface area contributed by atoms with E-state index < -0.39 is 0 Å². The summed E-state index contributed by atoms with van der Waals surface area (Å²) < 4.78 is 2.46. The minimum atomic E-state index is 1.16. The third-order valence-electron chi connectivity index (χ3n) is 11.1. The fraction of sp³-hybridized carbons (Fsp3) is 0. The summed E-state index contributed by atoms with van der Waals surface area (Å²) in [6.07, 6.45) is 0. The standard InChI is InChI=1S/C52H33N/c1-3-12-34(13-4-1)39-24-27-45-46(35-14-5-2-6-15-35)33-41-23-22-40(31-47(41)48(45)32-39)38-18-11-19-42(30-38)53-49-28-25-36-16-7-9-20-43(36)51(49)52-44-21-10-8-17-37(44)26-29-50(52)53/h1-33H. The molecule has 0 atom stereocenters. The second kappa shape index (κ2) is 11.8. The molecule has 246 valence electrons. The van der Waals surface area contributed by atoms with Crippen molar-refractivity contribution in [1.29, 1.82) is 0 Å². The molecule has 1 heteroatoms. The van der Waals surface area contributed by atoms with Gasteiger partial charge in [0.25, 0.3) is 0 Å². The summed E-state index contributed by atoms with van der Waals surface area (Å²) >= 11 is 0. The zero-order valence-electron chi connectivity index (χ0n) is 29.0. The molecule has 0 fully saturated rings. The Balaban J connectivity index is 1.14. The summed E-state index contributed by atoms with van der Waals surface area (Å²) in [5.74, 6) is 0. The normalized spacial score (nSPS) is 11.8. The van der Waals surface area contributed by atoms with Crippen LogP contribution in [0.5, 0.6) is 0 Å². The van der Waals surface area contributed by atoms with E-state index in [2.05, 4.69) is 205 Å². The average Bonchev–Trinajstić information content (AvgIpc) is 3.59. The molecule has 0 amide bonds. The minimum absolute atomic E-state index is 1.16. The Hall–Kier alpha value is -6.96. The first kappa shape index (κ1) is 29.7. The van der Waals surface area contributed by atoms with Gasteiger partial charge in [0.15, 0.2) is 0 Å². The Labute approximate surface area is 307 Å². The Morgan fingerprint density at radius 1 is 0.264 bits per heavy atom. The third-order valence-corrected chi connectivity index (χ3v) is 11.1. The maximum absolute atomic E-state index is 2.46. The largest absolute Gasteiger partial charge is 0.309 e. The number of aromatic nitrogens is 1. The van der Waals surface area contributed by atoms with Crippen LogP contribution in [0, 0.1) is 0 Å². The monoisotopic (exact) mass is 671 g/mol. The van der Waals surface area contributed by atoms with E-state index in [4.69, 9.17) is 0 Å². The SMILES string of the molecule is c1ccc(-c2ccc3c(-c4ccccc4)cc4ccc(-c5cccc(-n6c7ccc8ccccc8c7c7c8ccccc8ccc76)c5)cc4c3c2)cc1. The second-order valence-corrected chi connectivity index (χ2v) is 14.1. The van der Waals surface area contributed by atoms with Crippen LogP contribution in [0.4, 0.5) is 0 Å². The highest BCUT2D eigenvalue weighted by Gasteiger charge is 2.18. The van der Waals surface area contributed by atoms with E-state index in [0.717, 1.165) is 5.69 Å². The van der Waals surface area contributed by atoms with Gasteiger partial charge in [-0.1, -0.05) is 158 Å². The Morgan fingerprint density at radius 3 is 1.49 bits per heavy atom. The van der Waals surface area contributed by atoms with Crippen LogP contribution in [-0.4, -0.2) is 4.57 Å². The van der Waals surface area contributed by atoms with Crippen LogP contribution in [0.2, 0.25) is 0 Å². The molecule has 0 N–H and O–H groups in total. The molecule has 0 aliphatic heterocycles. The molecule has 0 radical (unpaired) electrons. The van der Waals surface area contributed by atoms with Gasteiger partial charge in [-0.2, -0.15) is 0 Å². The van der Waals surface area contributed by atoms with Gasteiger partial charge < -0.3 is 4.57 Å². The van der Waals surface area contributed by atoms with E-state index >= 15 is 0 Å². The lowest BCUT2D eigenvalue weighted by molar-refractivity contribution is 1.18. The van der Waals surface area contributed by atoms with Crippen LogP contribution in [0.15, 0.2) is 200 Å². The zero-order valence-corrected chi connectivity index (χ0v) is 29.0. The molecule has 1 aromatic heterocycles. The van der Waals surface area contributed by atoms with E-state index in [1.165, 1.54) is 98.3 Å². The first-order valence-corrected chi connectivity index (χ1v) is 18.3. The summed E-state index contributed by atoms with van der Waals surface area (Å²) in [6.45, 7) is 0. The zero-order chi connectivity index (χ0) is 34.9. The van der Waals surface area contributed by atoms with E-state index in [1.807, 2.05) is 0 Å². The van der Waals surface area contributed by atoms with E-state index in [0.29, 0.717) is 0 Å². The summed E-state index contributed by atoms with van der Waals surface area (Å²) in [5, 5.41) is 12.7. The van der Waals surface area contributed by atoms with Crippen LogP contribution in [0.25, 0.3) is 104 Å². The summed E-state index contributed by atoms with van der Waals surface area (Å²) in [4.78, 5) is 0. The van der Waals surface area contributed by atoms with E-state index in [-0.39, 0.29) is 0 Å². The van der Waals surface area contributed by atoms with Crippen LogP contribution in [0.1, 0.15) is 0 Å². The number of benzene rings is 10. The second-order valence-electron chi connectivity index (χ2n) is 14.1.